The van der Waals surface area contributed by atoms with Crippen LogP contribution in [0.5, 0.6) is 17.2 Å². The Morgan fingerprint density at radius 3 is 2.24 bits per heavy atom. The molecule has 1 fully saturated rings. The Morgan fingerprint density at radius 1 is 0.878 bits per heavy atom. The molecule has 0 radical (unpaired) electrons. The van der Waals surface area contributed by atoms with Crippen molar-refractivity contribution in [1.82, 2.24) is 9.80 Å². The molecule has 208 valence electrons. The Hall–Kier alpha value is -4.49. The zero-order valence-corrected chi connectivity index (χ0v) is 23.6. The molecular formula is C33H30ClN3O4. The SMILES string of the molecule is CC(C)(c1ccc(O)cc1)c1ccc(OC(=O)N2CCN(C3=Nc4cc(Cl)ccc4-c4ccccc4O3)CC2)cc1. The molecule has 4 aromatic rings. The van der Waals surface area contributed by atoms with E-state index >= 15 is 0 Å². The summed E-state index contributed by atoms with van der Waals surface area (Å²) >= 11 is 6.28. The van der Waals surface area contributed by atoms with Gasteiger partial charge in [-0.15, -0.1) is 0 Å². The van der Waals surface area contributed by atoms with Crippen LogP contribution in [0.3, 0.4) is 0 Å². The minimum atomic E-state index is -0.388. The van der Waals surface area contributed by atoms with Crippen molar-refractivity contribution < 1.29 is 19.4 Å². The summed E-state index contributed by atoms with van der Waals surface area (Å²) < 4.78 is 12.0. The van der Waals surface area contributed by atoms with Gasteiger partial charge in [-0.3, -0.25) is 0 Å². The average Bonchev–Trinajstić information content (AvgIpc) is 3.14. The van der Waals surface area contributed by atoms with Crippen molar-refractivity contribution in [3.63, 3.8) is 0 Å². The second-order valence-electron chi connectivity index (χ2n) is 10.7. The summed E-state index contributed by atoms with van der Waals surface area (Å²) in [5.74, 6) is 1.46. The van der Waals surface area contributed by atoms with Gasteiger partial charge in [0.25, 0.3) is 6.02 Å². The van der Waals surface area contributed by atoms with E-state index in [0.29, 0.717) is 43.0 Å². The lowest BCUT2D eigenvalue weighted by atomic mass is 9.78. The fraction of sp³-hybridized carbons (Fsp3) is 0.212. The summed E-state index contributed by atoms with van der Waals surface area (Å²) in [5, 5.41) is 10.2. The van der Waals surface area contributed by atoms with Gasteiger partial charge in [0.15, 0.2) is 0 Å². The number of hydrogen-bond acceptors (Lipinski definition) is 6. The van der Waals surface area contributed by atoms with Crippen LogP contribution in [0, 0.1) is 0 Å². The van der Waals surface area contributed by atoms with Crippen molar-refractivity contribution in [2.75, 3.05) is 26.2 Å². The predicted octanol–water partition coefficient (Wildman–Crippen LogP) is 7.24. The molecule has 2 aliphatic rings. The Bertz CT molecular complexity index is 1610. The first-order valence-corrected chi connectivity index (χ1v) is 13.9. The number of amides is 1. The van der Waals surface area contributed by atoms with Gasteiger partial charge in [0.2, 0.25) is 0 Å². The number of hydrogen-bond donors (Lipinski definition) is 1. The highest BCUT2D eigenvalue weighted by molar-refractivity contribution is 6.31. The molecule has 0 saturated carbocycles. The van der Waals surface area contributed by atoms with E-state index in [0.717, 1.165) is 33.7 Å². The number of phenolic OH excluding ortho intramolecular Hbond substituents is 1. The van der Waals surface area contributed by atoms with E-state index in [2.05, 4.69) is 13.8 Å². The highest BCUT2D eigenvalue weighted by Crippen LogP contribution is 2.40. The fourth-order valence-electron chi connectivity index (χ4n) is 5.19. The number of nitrogens with zero attached hydrogens (tertiary/aromatic N) is 3. The van der Waals surface area contributed by atoms with Crippen LogP contribution in [0.25, 0.3) is 11.1 Å². The topological polar surface area (TPSA) is 74.6 Å². The van der Waals surface area contributed by atoms with E-state index in [-0.39, 0.29) is 17.3 Å². The summed E-state index contributed by atoms with van der Waals surface area (Å²) in [6.45, 7) is 6.27. The zero-order chi connectivity index (χ0) is 28.6. The number of phenols is 1. The predicted molar refractivity (Wildman–Crippen MR) is 160 cm³/mol. The standard InChI is InChI=1S/C33H30ClN3O4/c1-33(2,22-7-12-25(38)13-8-22)23-9-14-26(15-10-23)40-32(39)37-19-17-36(18-20-37)31-35-29-21-24(34)11-16-27(29)28-5-3-4-6-30(28)41-31/h3-16,21,38H,17-20H2,1-2H3. The van der Waals surface area contributed by atoms with Gasteiger partial charge in [0.1, 0.15) is 17.2 Å². The van der Waals surface area contributed by atoms with Crippen LogP contribution in [0.1, 0.15) is 25.0 Å². The molecular weight excluding hydrogens is 538 g/mol. The number of halogens is 1. The maximum atomic E-state index is 13.0. The largest absolute Gasteiger partial charge is 0.508 e. The summed E-state index contributed by atoms with van der Waals surface area (Å²) in [5.41, 5.74) is 4.54. The molecule has 0 aromatic heterocycles. The lowest BCUT2D eigenvalue weighted by molar-refractivity contribution is 0.126. The third kappa shape index (κ3) is 5.45. The van der Waals surface area contributed by atoms with Gasteiger partial charge in [-0.05, 0) is 53.6 Å². The number of amidine groups is 1. The molecule has 7 nitrogen and oxygen atoms in total. The highest BCUT2D eigenvalue weighted by Gasteiger charge is 2.28. The van der Waals surface area contributed by atoms with E-state index in [4.69, 9.17) is 26.1 Å². The van der Waals surface area contributed by atoms with Crippen molar-refractivity contribution in [3.05, 3.63) is 107 Å². The maximum Gasteiger partial charge on any atom is 0.415 e. The molecule has 0 atom stereocenters. The summed E-state index contributed by atoms with van der Waals surface area (Å²) in [7, 11) is 0. The Labute approximate surface area is 244 Å². The lowest BCUT2D eigenvalue weighted by Gasteiger charge is -2.35. The first-order chi connectivity index (χ1) is 19.8. The van der Waals surface area contributed by atoms with Crippen LogP contribution >= 0.6 is 11.6 Å². The van der Waals surface area contributed by atoms with Gasteiger partial charge >= 0.3 is 6.09 Å². The molecule has 1 N–H and O–H groups in total. The van der Waals surface area contributed by atoms with Crippen molar-refractivity contribution in [2.45, 2.75) is 19.3 Å². The van der Waals surface area contributed by atoms with Crippen LogP contribution in [-0.2, 0) is 5.41 Å². The van der Waals surface area contributed by atoms with Crippen LogP contribution in [0.4, 0.5) is 10.5 Å². The number of carbonyl (C=O) groups excluding carboxylic acids is 1. The maximum absolute atomic E-state index is 13.0. The zero-order valence-electron chi connectivity index (χ0n) is 22.9. The number of aliphatic imine (C=N–C) groups is 1. The molecule has 8 heteroatoms. The van der Waals surface area contributed by atoms with Gasteiger partial charge in [-0.25, -0.2) is 4.79 Å². The molecule has 4 aromatic carbocycles. The quantitative estimate of drug-likeness (QED) is 0.282. The first-order valence-electron chi connectivity index (χ1n) is 13.6. The van der Waals surface area contributed by atoms with E-state index in [9.17, 15) is 9.90 Å². The molecule has 0 aliphatic carbocycles. The Kier molecular flexibility index (Phi) is 7.05. The van der Waals surface area contributed by atoms with Crippen LogP contribution in [0.2, 0.25) is 5.02 Å². The number of carbonyl (C=O) groups is 1. The number of para-hydroxylation sites is 1. The van der Waals surface area contributed by atoms with Crippen molar-refractivity contribution in [1.29, 1.82) is 0 Å². The van der Waals surface area contributed by atoms with Crippen molar-refractivity contribution in [3.8, 4) is 28.4 Å². The molecule has 6 rings (SSSR count). The number of piperazine rings is 1. The molecule has 0 bridgehead atoms. The summed E-state index contributed by atoms with van der Waals surface area (Å²) in [6, 6.07) is 28.8. The van der Waals surface area contributed by atoms with E-state index in [1.54, 1.807) is 17.0 Å². The van der Waals surface area contributed by atoms with Crippen LogP contribution in [-0.4, -0.2) is 53.2 Å². The van der Waals surface area contributed by atoms with Gasteiger partial charge in [0.05, 0.1) is 5.69 Å². The number of aromatic hydroxyl groups is 1. The van der Waals surface area contributed by atoms with Crippen LogP contribution in [0.15, 0.2) is 96.0 Å². The van der Waals surface area contributed by atoms with E-state index < -0.39 is 0 Å². The normalized spacial score (nSPS) is 14.8. The Morgan fingerprint density at radius 2 is 1.54 bits per heavy atom. The summed E-state index contributed by atoms with van der Waals surface area (Å²) in [6.07, 6.45) is -0.388. The fourth-order valence-corrected chi connectivity index (χ4v) is 5.36. The third-order valence-electron chi connectivity index (χ3n) is 7.73. The van der Waals surface area contributed by atoms with Crippen LogP contribution < -0.4 is 9.47 Å². The number of rotatable bonds is 3. The minimum absolute atomic E-state index is 0.239. The van der Waals surface area contributed by atoms with Gasteiger partial charge in [-0.2, -0.15) is 4.99 Å². The summed E-state index contributed by atoms with van der Waals surface area (Å²) in [4.78, 5) is 21.5. The van der Waals surface area contributed by atoms with Crippen molar-refractivity contribution in [2.24, 2.45) is 4.99 Å². The smallest absolute Gasteiger partial charge is 0.415 e. The van der Waals surface area contributed by atoms with E-state index in [1.165, 1.54) is 0 Å². The molecule has 0 spiro atoms. The van der Waals surface area contributed by atoms with Gasteiger partial charge in [0, 0.05) is 47.7 Å². The van der Waals surface area contributed by atoms with E-state index in [1.807, 2.05) is 83.8 Å². The first kappa shape index (κ1) is 26.7. The monoisotopic (exact) mass is 567 g/mol. The molecule has 41 heavy (non-hydrogen) atoms. The average molecular weight is 568 g/mol. The number of benzene rings is 4. The molecule has 2 aliphatic heterocycles. The molecule has 2 heterocycles. The van der Waals surface area contributed by atoms with Gasteiger partial charge < -0.3 is 24.4 Å². The number of fused-ring (bicyclic) bond motifs is 3. The minimum Gasteiger partial charge on any atom is -0.508 e. The molecule has 1 saturated heterocycles. The highest BCUT2D eigenvalue weighted by atomic mass is 35.5. The second kappa shape index (κ2) is 10.8. The van der Waals surface area contributed by atoms with Crippen molar-refractivity contribution >= 4 is 29.4 Å². The lowest BCUT2D eigenvalue weighted by Crippen LogP contribution is -2.52. The third-order valence-corrected chi connectivity index (χ3v) is 7.97. The Balaban J connectivity index is 1.11. The second-order valence-corrected chi connectivity index (χ2v) is 11.1. The number of ether oxygens (including phenoxy) is 2. The van der Waals surface area contributed by atoms with Gasteiger partial charge in [-0.1, -0.05) is 74.0 Å². The molecule has 0 unspecified atom stereocenters. The molecule has 1 amide bonds.